The summed E-state index contributed by atoms with van der Waals surface area (Å²) < 4.78 is 30.2. The molecule has 0 unspecified atom stereocenters. The number of nitrogens with zero attached hydrogens (tertiary/aromatic N) is 2. The SMILES string of the molecule is COCCCNc1ccc(NC(=O)c2ccc(S(=O)(=O)N(C)C)cc2)cn1. The fourth-order valence-electron chi connectivity index (χ4n) is 2.20. The van der Waals surface area contributed by atoms with Crippen LogP contribution in [0.3, 0.4) is 0 Å². The average molecular weight is 392 g/mol. The Labute approximate surface area is 159 Å². The van der Waals surface area contributed by atoms with Gasteiger partial charge in [-0.1, -0.05) is 0 Å². The van der Waals surface area contributed by atoms with Crippen molar-refractivity contribution in [1.82, 2.24) is 9.29 Å². The Morgan fingerprint density at radius 1 is 1.15 bits per heavy atom. The highest BCUT2D eigenvalue weighted by Gasteiger charge is 2.17. The van der Waals surface area contributed by atoms with Gasteiger partial charge >= 0.3 is 0 Å². The zero-order chi connectivity index (χ0) is 19.9. The summed E-state index contributed by atoms with van der Waals surface area (Å²) in [5.41, 5.74) is 0.905. The second-order valence-electron chi connectivity index (χ2n) is 5.97. The first kappa shape index (κ1) is 20.8. The number of carbonyl (C=O) groups is 1. The number of hydrogen-bond acceptors (Lipinski definition) is 6. The number of anilines is 2. The van der Waals surface area contributed by atoms with Crippen molar-refractivity contribution in [3.05, 3.63) is 48.2 Å². The summed E-state index contributed by atoms with van der Waals surface area (Å²) in [6.07, 6.45) is 2.43. The monoisotopic (exact) mass is 392 g/mol. The van der Waals surface area contributed by atoms with E-state index < -0.39 is 10.0 Å². The minimum Gasteiger partial charge on any atom is -0.385 e. The van der Waals surface area contributed by atoms with Crippen LogP contribution >= 0.6 is 0 Å². The zero-order valence-electron chi connectivity index (χ0n) is 15.6. The van der Waals surface area contributed by atoms with E-state index in [0.29, 0.717) is 23.7 Å². The zero-order valence-corrected chi connectivity index (χ0v) is 16.4. The van der Waals surface area contributed by atoms with E-state index in [1.807, 2.05) is 0 Å². The van der Waals surface area contributed by atoms with Crippen molar-refractivity contribution in [2.24, 2.45) is 0 Å². The normalized spacial score (nSPS) is 11.4. The molecular weight excluding hydrogens is 368 g/mol. The molecule has 27 heavy (non-hydrogen) atoms. The second kappa shape index (κ2) is 9.45. The highest BCUT2D eigenvalue weighted by atomic mass is 32.2. The highest BCUT2D eigenvalue weighted by Crippen LogP contribution is 2.16. The van der Waals surface area contributed by atoms with Crippen molar-refractivity contribution >= 4 is 27.4 Å². The third-order valence-corrected chi connectivity index (χ3v) is 5.58. The van der Waals surface area contributed by atoms with E-state index in [2.05, 4.69) is 15.6 Å². The van der Waals surface area contributed by atoms with Crippen LogP contribution in [0, 0.1) is 0 Å². The maximum atomic E-state index is 12.3. The van der Waals surface area contributed by atoms with E-state index in [0.717, 1.165) is 17.3 Å². The predicted octanol–water partition coefficient (Wildman–Crippen LogP) is 2.03. The van der Waals surface area contributed by atoms with Gasteiger partial charge in [-0.2, -0.15) is 0 Å². The van der Waals surface area contributed by atoms with Gasteiger partial charge in [0, 0.05) is 39.9 Å². The van der Waals surface area contributed by atoms with Crippen molar-refractivity contribution in [1.29, 1.82) is 0 Å². The number of benzene rings is 1. The fraction of sp³-hybridized carbons (Fsp3) is 0.333. The molecule has 1 amide bonds. The minimum atomic E-state index is -3.52. The number of nitrogens with one attached hydrogen (secondary N) is 2. The van der Waals surface area contributed by atoms with Crippen LogP contribution in [0.25, 0.3) is 0 Å². The van der Waals surface area contributed by atoms with E-state index >= 15 is 0 Å². The van der Waals surface area contributed by atoms with Crippen LogP contribution in [-0.2, 0) is 14.8 Å². The molecule has 0 spiro atoms. The number of carbonyl (C=O) groups excluding carboxylic acids is 1. The Morgan fingerprint density at radius 2 is 1.85 bits per heavy atom. The number of hydrogen-bond donors (Lipinski definition) is 2. The molecule has 1 aromatic heterocycles. The minimum absolute atomic E-state index is 0.134. The Balaban J connectivity index is 1.97. The third-order valence-electron chi connectivity index (χ3n) is 3.75. The topological polar surface area (TPSA) is 101 Å². The number of aromatic nitrogens is 1. The molecular formula is C18H24N4O4S. The highest BCUT2D eigenvalue weighted by molar-refractivity contribution is 7.89. The smallest absolute Gasteiger partial charge is 0.255 e. The largest absolute Gasteiger partial charge is 0.385 e. The van der Waals surface area contributed by atoms with Crippen LogP contribution in [0.2, 0.25) is 0 Å². The molecule has 0 aliphatic rings. The molecule has 2 N–H and O–H groups in total. The third kappa shape index (κ3) is 5.75. The molecule has 0 aliphatic carbocycles. The summed E-state index contributed by atoms with van der Waals surface area (Å²) in [5.74, 6) is 0.369. The summed E-state index contributed by atoms with van der Waals surface area (Å²) in [6.45, 7) is 1.42. The van der Waals surface area contributed by atoms with Crippen LogP contribution in [0.15, 0.2) is 47.5 Å². The molecule has 0 radical (unpaired) electrons. The van der Waals surface area contributed by atoms with Gasteiger partial charge in [-0.25, -0.2) is 17.7 Å². The first-order chi connectivity index (χ1) is 12.8. The Kier molecular flexibility index (Phi) is 7.28. The molecule has 0 saturated carbocycles. The van der Waals surface area contributed by atoms with E-state index in [1.54, 1.807) is 25.4 Å². The lowest BCUT2D eigenvalue weighted by molar-refractivity contribution is 0.102. The molecule has 0 fully saturated rings. The number of pyridine rings is 1. The van der Waals surface area contributed by atoms with Gasteiger partial charge in [-0.3, -0.25) is 4.79 Å². The molecule has 146 valence electrons. The standard InChI is InChI=1S/C18H24N4O4S/c1-22(2)27(24,25)16-8-5-14(6-9-16)18(23)21-15-7-10-17(20-13-15)19-11-4-12-26-3/h5-10,13H,4,11-12H2,1-3H3,(H,19,20)(H,21,23). The lowest BCUT2D eigenvalue weighted by Crippen LogP contribution is -2.22. The molecule has 0 atom stereocenters. The van der Waals surface area contributed by atoms with Crippen LogP contribution < -0.4 is 10.6 Å². The molecule has 9 heteroatoms. The molecule has 0 saturated heterocycles. The van der Waals surface area contributed by atoms with Gasteiger partial charge in [0.1, 0.15) is 5.82 Å². The average Bonchev–Trinajstić information content (AvgIpc) is 2.66. The van der Waals surface area contributed by atoms with E-state index in [1.165, 1.54) is 38.4 Å². The maximum absolute atomic E-state index is 12.3. The molecule has 8 nitrogen and oxygen atoms in total. The first-order valence-corrected chi connectivity index (χ1v) is 9.81. The summed E-state index contributed by atoms with van der Waals surface area (Å²) in [7, 11) is 1.05. The number of sulfonamides is 1. The summed E-state index contributed by atoms with van der Waals surface area (Å²) in [6, 6.07) is 9.30. The van der Waals surface area contributed by atoms with Gasteiger partial charge in [0.05, 0.1) is 16.8 Å². The van der Waals surface area contributed by atoms with Crippen molar-refractivity contribution in [2.45, 2.75) is 11.3 Å². The second-order valence-corrected chi connectivity index (χ2v) is 8.12. The molecule has 2 aromatic rings. The van der Waals surface area contributed by atoms with Gasteiger partial charge in [0.15, 0.2) is 0 Å². The molecule has 0 bridgehead atoms. The number of rotatable bonds is 9. The number of ether oxygens (including phenoxy) is 1. The lowest BCUT2D eigenvalue weighted by Gasteiger charge is -2.12. The van der Waals surface area contributed by atoms with Crippen LogP contribution in [0.1, 0.15) is 16.8 Å². The van der Waals surface area contributed by atoms with Crippen molar-refractivity contribution in [3.63, 3.8) is 0 Å². The Bertz CT molecular complexity index is 850. The maximum Gasteiger partial charge on any atom is 0.255 e. The van der Waals surface area contributed by atoms with E-state index in [-0.39, 0.29) is 10.8 Å². The molecule has 1 aromatic carbocycles. The summed E-state index contributed by atoms with van der Waals surface area (Å²) in [4.78, 5) is 16.7. The summed E-state index contributed by atoms with van der Waals surface area (Å²) in [5, 5.41) is 5.89. The van der Waals surface area contributed by atoms with Crippen LogP contribution in [-0.4, -0.2) is 58.0 Å². The molecule has 2 rings (SSSR count). The van der Waals surface area contributed by atoms with Gasteiger partial charge in [0.2, 0.25) is 10.0 Å². The van der Waals surface area contributed by atoms with Crippen molar-refractivity contribution in [3.8, 4) is 0 Å². The van der Waals surface area contributed by atoms with E-state index in [4.69, 9.17) is 4.74 Å². The van der Waals surface area contributed by atoms with Gasteiger partial charge in [0.25, 0.3) is 5.91 Å². The predicted molar refractivity (Wildman–Crippen MR) is 104 cm³/mol. The van der Waals surface area contributed by atoms with Crippen molar-refractivity contribution in [2.75, 3.05) is 45.0 Å². The fourth-order valence-corrected chi connectivity index (χ4v) is 3.10. The van der Waals surface area contributed by atoms with E-state index in [9.17, 15) is 13.2 Å². The lowest BCUT2D eigenvalue weighted by atomic mass is 10.2. The van der Waals surface area contributed by atoms with Gasteiger partial charge in [-0.05, 0) is 42.8 Å². The quantitative estimate of drug-likeness (QED) is 0.634. The number of amides is 1. The Hall–Kier alpha value is -2.49. The molecule has 1 heterocycles. The van der Waals surface area contributed by atoms with Crippen molar-refractivity contribution < 1.29 is 17.9 Å². The number of methoxy groups -OCH3 is 1. The summed E-state index contributed by atoms with van der Waals surface area (Å²) >= 11 is 0. The first-order valence-electron chi connectivity index (χ1n) is 8.37. The van der Waals surface area contributed by atoms with Crippen LogP contribution in [0.5, 0.6) is 0 Å². The van der Waals surface area contributed by atoms with Crippen LogP contribution in [0.4, 0.5) is 11.5 Å². The van der Waals surface area contributed by atoms with Gasteiger partial charge < -0.3 is 15.4 Å². The Morgan fingerprint density at radius 3 is 2.41 bits per heavy atom. The van der Waals surface area contributed by atoms with Gasteiger partial charge in [-0.15, -0.1) is 0 Å². The molecule has 0 aliphatic heterocycles.